The van der Waals surface area contributed by atoms with Crippen molar-refractivity contribution >= 4 is 5.78 Å². The summed E-state index contributed by atoms with van der Waals surface area (Å²) in [6.07, 6.45) is 1.24. The third kappa shape index (κ3) is 3.81. The number of methoxy groups -OCH3 is 2. The number of aromatic hydroxyl groups is 3. The maximum Gasteiger partial charge on any atom is 0.174 e. The maximum absolute atomic E-state index is 12.8. The second kappa shape index (κ2) is 7.95. The highest BCUT2D eigenvalue weighted by Crippen LogP contribution is 2.49. The van der Waals surface area contributed by atoms with Crippen molar-refractivity contribution in [2.24, 2.45) is 0 Å². The lowest BCUT2D eigenvalue weighted by atomic mass is 9.91. The second-order valence-corrected chi connectivity index (χ2v) is 7.08. The second-order valence-electron chi connectivity index (χ2n) is 7.08. The zero-order chi connectivity index (χ0) is 21.3. The van der Waals surface area contributed by atoms with E-state index >= 15 is 0 Å². The molecule has 7 nitrogen and oxygen atoms in total. The molecule has 0 saturated heterocycles. The van der Waals surface area contributed by atoms with Crippen LogP contribution < -0.4 is 14.2 Å². The molecule has 7 heteroatoms. The van der Waals surface area contributed by atoms with Crippen molar-refractivity contribution in [3.05, 3.63) is 46.5 Å². The van der Waals surface area contributed by atoms with Gasteiger partial charge in [0, 0.05) is 23.8 Å². The van der Waals surface area contributed by atoms with Crippen molar-refractivity contribution in [1.82, 2.24) is 0 Å². The highest BCUT2D eigenvalue weighted by Gasteiger charge is 2.36. The van der Waals surface area contributed by atoms with E-state index in [2.05, 4.69) is 0 Å². The number of phenolic OH excluding ortho intramolecular Hbond substituents is 3. The first kappa shape index (κ1) is 20.4. The predicted octanol–water partition coefficient (Wildman–Crippen LogP) is 4.04. The van der Waals surface area contributed by atoms with Crippen LogP contribution in [0, 0.1) is 0 Å². The van der Waals surface area contributed by atoms with Gasteiger partial charge >= 0.3 is 0 Å². The topological polar surface area (TPSA) is 105 Å². The number of phenols is 3. The molecule has 1 heterocycles. The van der Waals surface area contributed by atoms with Gasteiger partial charge in [-0.3, -0.25) is 4.79 Å². The summed E-state index contributed by atoms with van der Waals surface area (Å²) in [7, 11) is 2.90. The van der Waals surface area contributed by atoms with E-state index in [1.165, 1.54) is 20.3 Å². The highest BCUT2D eigenvalue weighted by atomic mass is 16.5. The van der Waals surface area contributed by atoms with Gasteiger partial charge in [0.2, 0.25) is 0 Å². The van der Waals surface area contributed by atoms with Crippen LogP contribution in [0.15, 0.2) is 29.8 Å². The Morgan fingerprint density at radius 2 is 1.83 bits per heavy atom. The fraction of sp³-hybridized carbons (Fsp3) is 0.318. The number of ketones is 1. The predicted molar refractivity (Wildman–Crippen MR) is 106 cm³/mol. The van der Waals surface area contributed by atoms with E-state index in [0.29, 0.717) is 29.0 Å². The molecule has 1 atom stereocenters. The van der Waals surface area contributed by atoms with Crippen LogP contribution >= 0.6 is 0 Å². The molecule has 0 amide bonds. The summed E-state index contributed by atoms with van der Waals surface area (Å²) < 4.78 is 16.6. The lowest BCUT2D eigenvalue weighted by molar-refractivity contribution is 0.0836. The van der Waals surface area contributed by atoms with Gasteiger partial charge in [0.1, 0.15) is 46.2 Å². The minimum Gasteiger partial charge on any atom is -0.507 e. The minimum atomic E-state index is -0.859. The number of fused-ring (bicyclic) bond motifs is 1. The number of hydrogen-bond donors (Lipinski definition) is 3. The molecule has 1 aliphatic rings. The smallest absolute Gasteiger partial charge is 0.174 e. The molecule has 0 aliphatic carbocycles. The van der Waals surface area contributed by atoms with Gasteiger partial charge in [-0.25, -0.2) is 0 Å². The lowest BCUT2D eigenvalue weighted by Crippen LogP contribution is -2.22. The number of benzene rings is 2. The van der Waals surface area contributed by atoms with Gasteiger partial charge in [0.25, 0.3) is 0 Å². The van der Waals surface area contributed by atoms with Crippen LogP contribution in [0.25, 0.3) is 0 Å². The molecule has 0 spiro atoms. The lowest BCUT2D eigenvalue weighted by Gasteiger charge is -2.29. The van der Waals surface area contributed by atoms with E-state index in [4.69, 9.17) is 14.2 Å². The number of ether oxygens (including phenoxy) is 3. The molecule has 29 heavy (non-hydrogen) atoms. The number of Topliss-reactive ketones (excluding diaryl/α,β-unsaturated/α-hetero) is 1. The normalized spacial score (nSPS) is 15.3. The molecular weight excluding hydrogens is 376 g/mol. The van der Waals surface area contributed by atoms with E-state index in [1.54, 1.807) is 6.07 Å². The molecule has 0 saturated carbocycles. The minimum absolute atomic E-state index is 0.0307. The van der Waals surface area contributed by atoms with E-state index in [-0.39, 0.29) is 40.8 Å². The molecule has 3 N–H and O–H groups in total. The molecule has 0 fully saturated rings. The zero-order valence-electron chi connectivity index (χ0n) is 16.8. The summed E-state index contributed by atoms with van der Waals surface area (Å²) in [6.45, 7) is 3.83. The van der Waals surface area contributed by atoms with Crippen LogP contribution in [-0.2, 0) is 6.42 Å². The third-order valence-corrected chi connectivity index (χ3v) is 4.84. The molecule has 0 bridgehead atoms. The van der Waals surface area contributed by atoms with Gasteiger partial charge in [0.15, 0.2) is 5.78 Å². The van der Waals surface area contributed by atoms with Gasteiger partial charge in [-0.1, -0.05) is 11.6 Å². The largest absolute Gasteiger partial charge is 0.507 e. The van der Waals surface area contributed by atoms with Crippen LogP contribution in [0.4, 0.5) is 0 Å². The average molecular weight is 400 g/mol. The molecular formula is C22H24O7. The first-order valence-electron chi connectivity index (χ1n) is 9.12. The Balaban J connectivity index is 2.14. The van der Waals surface area contributed by atoms with E-state index < -0.39 is 6.10 Å². The molecule has 0 radical (unpaired) electrons. The van der Waals surface area contributed by atoms with Crippen LogP contribution in [0.2, 0.25) is 0 Å². The fourth-order valence-corrected chi connectivity index (χ4v) is 3.39. The van der Waals surface area contributed by atoms with E-state index in [1.807, 2.05) is 19.9 Å². The summed E-state index contributed by atoms with van der Waals surface area (Å²) in [5.41, 5.74) is 1.75. The number of hydrogen-bond acceptors (Lipinski definition) is 7. The van der Waals surface area contributed by atoms with Crippen molar-refractivity contribution in [2.45, 2.75) is 32.8 Å². The Morgan fingerprint density at radius 3 is 2.45 bits per heavy atom. The number of carbonyl (C=O) groups is 1. The maximum atomic E-state index is 12.8. The molecule has 3 rings (SSSR count). The quantitative estimate of drug-likeness (QED) is 0.651. The van der Waals surface area contributed by atoms with Crippen LogP contribution in [0.3, 0.4) is 0 Å². The monoisotopic (exact) mass is 400 g/mol. The molecule has 0 aromatic heterocycles. The fourth-order valence-electron chi connectivity index (χ4n) is 3.39. The summed E-state index contributed by atoms with van der Waals surface area (Å²) in [5.74, 6) is -0.199. The van der Waals surface area contributed by atoms with Crippen molar-refractivity contribution in [3.63, 3.8) is 0 Å². The Bertz CT molecular complexity index is 987. The van der Waals surface area contributed by atoms with Gasteiger partial charge in [0.05, 0.1) is 26.2 Å². The van der Waals surface area contributed by atoms with E-state index in [0.717, 1.165) is 11.6 Å². The summed E-state index contributed by atoms with van der Waals surface area (Å²) in [4.78, 5) is 12.8. The zero-order valence-corrected chi connectivity index (χ0v) is 16.8. The highest BCUT2D eigenvalue weighted by molar-refractivity contribution is 6.03. The van der Waals surface area contributed by atoms with Gasteiger partial charge in [-0.15, -0.1) is 0 Å². The van der Waals surface area contributed by atoms with Crippen LogP contribution in [0.5, 0.6) is 34.5 Å². The summed E-state index contributed by atoms with van der Waals surface area (Å²) in [5, 5.41) is 31.1. The number of allylic oxidation sites excluding steroid dienone is 2. The molecule has 1 aliphatic heterocycles. The standard InChI is InChI=1S/C22H24O7/c1-11(2)5-6-13-14(23)9-16(25)20-17(26)10-19(29-22(13)20)21-15(24)7-12(27-3)8-18(21)28-4/h5,7-9,19,23-25H,6,10H2,1-4H3. The Kier molecular flexibility index (Phi) is 5.59. The van der Waals surface area contributed by atoms with Crippen molar-refractivity contribution in [2.75, 3.05) is 14.2 Å². The van der Waals surface area contributed by atoms with Gasteiger partial charge in [-0.2, -0.15) is 0 Å². The summed E-state index contributed by atoms with van der Waals surface area (Å²) in [6, 6.07) is 4.15. The third-order valence-electron chi connectivity index (χ3n) is 4.84. The Morgan fingerprint density at radius 1 is 1.10 bits per heavy atom. The Labute approximate surface area is 168 Å². The molecule has 154 valence electrons. The average Bonchev–Trinajstić information content (AvgIpc) is 2.65. The first-order valence-corrected chi connectivity index (χ1v) is 9.12. The number of rotatable bonds is 5. The Hall–Kier alpha value is -3.35. The first-order chi connectivity index (χ1) is 13.8. The van der Waals surface area contributed by atoms with Crippen molar-refractivity contribution in [1.29, 1.82) is 0 Å². The van der Waals surface area contributed by atoms with Gasteiger partial charge < -0.3 is 29.5 Å². The van der Waals surface area contributed by atoms with Crippen LogP contribution in [-0.4, -0.2) is 35.3 Å². The summed E-state index contributed by atoms with van der Waals surface area (Å²) >= 11 is 0. The van der Waals surface area contributed by atoms with Crippen molar-refractivity contribution in [3.8, 4) is 34.5 Å². The van der Waals surface area contributed by atoms with Crippen molar-refractivity contribution < 1.29 is 34.3 Å². The number of carbonyl (C=O) groups excluding carboxylic acids is 1. The van der Waals surface area contributed by atoms with Gasteiger partial charge in [-0.05, 0) is 20.3 Å². The van der Waals surface area contributed by atoms with Crippen LogP contribution in [0.1, 0.15) is 47.9 Å². The molecule has 2 aromatic carbocycles. The molecule has 2 aromatic rings. The SMILES string of the molecule is COc1cc(O)c(C2CC(=O)c3c(O)cc(O)c(CC=C(C)C)c3O2)c(OC)c1. The van der Waals surface area contributed by atoms with E-state index in [9.17, 15) is 20.1 Å². The molecule has 1 unspecified atom stereocenters.